The summed E-state index contributed by atoms with van der Waals surface area (Å²) in [5, 5.41) is 3.24. The van der Waals surface area contributed by atoms with Gasteiger partial charge in [-0.25, -0.2) is 0 Å². The third kappa shape index (κ3) is 3.85. The van der Waals surface area contributed by atoms with Crippen molar-refractivity contribution in [2.75, 3.05) is 27.2 Å². The van der Waals surface area contributed by atoms with E-state index in [2.05, 4.69) is 5.32 Å². The lowest BCUT2D eigenvalue weighted by Gasteiger charge is -2.32. The Hall–Kier alpha value is -1.88. The lowest BCUT2D eigenvalue weighted by atomic mass is 10.0. The Kier molecular flexibility index (Phi) is 5.55. The number of carbonyl (C=O) groups is 2. The first-order valence-corrected chi connectivity index (χ1v) is 7.68. The fourth-order valence-corrected chi connectivity index (χ4v) is 2.85. The lowest BCUT2D eigenvalue weighted by Crippen LogP contribution is -2.47. The summed E-state index contributed by atoms with van der Waals surface area (Å²) in [7, 11) is 3.51. The number of Topliss-reactive ketones (excluding diaryl/α,β-unsaturated/α-hetero) is 1. The number of hydrogen-bond acceptors (Lipinski definition) is 4. The number of hydrogen-bond donors (Lipinski definition) is 1. The number of likely N-dealkylation sites (N-methyl/N-ethyl adjacent to an activating group) is 1. The number of amides is 1. The van der Waals surface area contributed by atoms with Crippen molar-refractivity contribution in [2.24, 2.45) is 0 Å². The Bertz CT molecular complexity index is 557. The van der Waals surface area contributed by atoms with Gasteiger partial charge in [-0.2, -0.15) is 0 Å². The second kappa shape index (κ2) is 7.40. The van der Waals surface area contributed by atoms with Crippen LogP contribution in [0.4, 0.5) is 0 Å². The number of ether oxygens (including phenoxy) is 1. The molecule has 0 spiro atoms. The summed E-state index contributed by atoms with van der Waals surface area (Å²) >= 11 is 0. The van der Waals surface area contributed by atoms with E-state index in [0.717, 1.165) is 31.5 Å². The number of carbonyl (C=O) groups excluding carboxylic acids is 2. The number of nitrogens with zero attached hydrogens (tertiary/aromatic N) is 1. The molecule has 1 atom stereocenters. The molecular weight excluding hydrogens is 280 g/mol. The molecule has 22 heavy (non-hydrogen) atoms. The van der Waals surface area contributed by atoms with E-state index < -0.39 is 0 Å². The van der Waals surface area contributed by atoms with E-state index in [9.17, 15) is 9.59 Å². The van der Waals surface area contributed by atoms with Crippen LogP contribution in [0.2, 0.25) is 0 Å². The summed E-state index contributed by atoms with van der Waals surface area (Å²) in [6.07, 6.45) is 2.38. The summed E-state index contributed by atoms with van der Waals surface area (Å²) in [5.74, 6) is 0.726. The summed E-state index contributed by atoms with van der Waals surface area (Å²) < 4.78 is 5.32. The van der Waals surface area contributed by atoms with Crippen LogP contribution < -0.4 is 10.1 Å². The predicted octanol–water partition coefficient (Wildman–Crippen LogP) is 1.65. The van der Waals surface area contributed by atoms with Gasteiger partial charge in [0, 0.05) is 30.3 Å². The normalized spacial score (nSPS) is 18.1. The van der Waals surface area contributed by atoms with Crippen LogP contribution in [0.25, 0.3) is 0 Å². The molecule has 0 aromatic heterocycles. The van der Waals surface area contributed by atoms with Crippen molar-refractivity contribution in [3.05, 3.63) is 29.3 Å². The minimum atomic E-state index is -0.00966. The number of rotatable bonds is 5. The van der Waals surface area contributed by atoms with Gasteiger partial charge in [-0.3, -0.25) is 9.59 Å². The van der Waals surface area contributed by atoms with Gasteiger partial charge in [-0.15, -0.1) is 0 Å². The summed E-state index contributed by atoms with van der Waals surface area (Å²) in [4.78, 5) is 26.0. The summed E-state index contributed by atoms with van der Waals surface area (Å²) in [5.41, 5.74) is 1.38. The highest BCUT2D eigenvalue weighted by atomic mass is 16.5. The average Bonchev–Trinajstić information content (AvgIpc) is 2.54. The van der Waals surface area contributed by atoms with E-state index in [1.54, 1.807) is 25.3 Å². The van der Waals surface area contributed by atoms with Crippen molar-refractivity contribution < 1.29 is 14.3 Å². The zero-order valence-corrected chi connectivity index (χ0v) is 13.5. The quantitative estimate of drug-likeness (QED) is 0.840. The minimum Gasteiger partial charge on any atom is -0.496 e. The number of benzene rings is 1. The molecule has 1 aliphatic heterocycles. The zero-order chi connectivity index (χ0) is 16.1. The molecule has 1 heterocycles. The van der Waals surface area contributed by atoms with E-state index in [4.69, 9.17) is 4.74 Å². The van der Waals surface area contributed by atoms with Crippen LogP contribution in [-0.2, 0) is 11.2 Å². The largest absolute Gasteiger partial charge is 0.496 e. The minimum absolute atomic E-state index is 0.00966. The Morgan fingerprint density at radius 1 is 1.41 bits per heavy atom. The first-order chi connectivity index (χ1) is 10.5. The Morgan fingerprint density at radius 2 is 2.18 bits per heavy atom. The Morgan fingerprint density at radius 3 is 2.82 bits per heavy atom. The third-order valence-corrected chi connectivity index (χ3v) is 4.21. The highest BCUT2D eigenvalue weighted by Gasteiger charge is 2.23. The molecular formula is C17H24N2O3. The molecule has 1 aromatic rings. The second-order valence-electron chi connectivity index (χ2n) is 5.73. The number of ketones is 1. The zero-order valence-electron chi connectivity index (χ0n) is 13.5. The molecule has 0 aliphatic carbocycles. The second-order valence-corrected chi connectivity index (χ2v) is 5.73. The maximum atomic E-state index is 12.5. The highest BCUT2D eigenvalue weighted by Crippen LogP contribution is 2.22. The van der Waals surface area contributed by atoms with Crippen LogP contribution in [0.1, 0.15) is 35.7 Å². The number of likely N-dealkylation sites (tertiary alicyclic amines) is 1. The molecule has 2 rings (SSSR count). The fourth-order valence-electron chi connectivity index (χ4n) is 2.85. The number of nitrogens with one attached hydrogen (secondary N) is 1. The smallest absolute Gasteiger partial charge is 0.227 e. The van der Waals surface area contributed by atoms with Crippen molar-refractivity contribution >= 4 is 11.7 Å². The summed E-state index contributed by atoms with van der Waals surface area (Å²) in [6, 6.07) is 5.61. The fraction of sp³-hybridized carbons (Fsp3) is 0.529. The Balaban J connectivity index is 2.13. The Labute approximate surface area is 131 Å². The highest BCUT2D eigenvalue weighted by molar-refractivity contribution is 5.94. The van der Waals surface area contributed by atoms with Gasteiger partial charge >= 0.3 is 0 Å². The van der Waals surface area contributed by atoms with Crippen LogP contribution in [0.5, 0.6) is 5.75 Å². The number of methoxy groups -OCH3 is 1. The molecule has 1 saturated heterocycles. The van der Waals surface area contributed by atoms with Gasteiger partial charge in [0.05, 0.1) is 13.5 Å². The van der Waals surface area contributed by atoms with Crippen molar-refractivity contribution in [3.8, 4) is 5.75 Å². The molecule has 1 aromatic carbocycles. The van der Waals surface area contributed by atoms with Crippen LogP contribution in [0.3, 0.4) is 0 Å². The maximum Gasteiger partial charge on any atom is 0.227 e. The van der Waals surface area contributed by atoms with Gasteiger partial charge in [0.1, 0.15) is 5.75 Å². The molecule has 1 amide bonds. The van der Waals surface area contributed by atoms with Crippen molar-refractivity contribution in [2.45, 2.75) is 32.2 Å². The molecule has 0 radical (unpaired) electrons. The van der Waals surface area contributed by atoms with Crippen LogP contribution in [-0.4, -0.2) is 49.9 Å². The molecule has 1 fully saturated rings. The first-order valence-electron chi connectivity index (χ1n) is 7.68. The topological polar surface area (TPSA) is 58.6 Å². The molecule has 1 N–H and O–H groups in total. The third-order valence-electron chi connectivity index (χ3n) is 4.21. The van der Waals surface area contributed by atoms with Crippen LogP contribution >= 0.6 is 0 Å². The molecule has 120 valence electrons. The van der Waals surface area contributed by atoms with E-state index in [0.29, 0.717) is 17.4 Å². The monoisotopic (exact) mass is 304 g/mol. The molecule has 0 bridgehead atoms. The summed E-state index contributed by atoms with van der Waals surface area (Å²) in [6.45, 7) is 3.06. The molecule has 5 heteroatoms. The van der Waals surface area contributed by atoms with Crippen molar-refractivity contribution in [3.63, 3.8) is 0 Å². The SMILES string of the molecule is CNC1CCCN(C(=O)Cc2cc(C(C)=O)ccc2OC)C1. The molecule has 1 aliphatic rings. The van der Waals surface area contributed by atoms with Crippen molar-refractivity contribution in [1.29, 1.82) is 0 Å². The molecule has 5 nitrogen and oxygen atoms in total. The van der Waals surface area contributed by atoms with E-state index in [1.807, 2.05) is 11.9 Å². The van der Waals surface area contributed by atoms with Gasteiger partial charge in [0.15, 0.2) is 5.78 Å². The van der Waals surface area contributed by atoms with Crippen molar-refractivity contribution in [1.82, 2.24) is 10.2 Å². The van der Waals surface area contributed by atoms with Gasteiger partial charge in [-0.1, -0.05) is 0 Å². The standard InChI is InChI=1S/C17H24N2O3/c1-12(20)13-6-7-16(22-3)14(9-13)10-17(21)19-8-4-5-15(11-19)18-2/h6-7,9,15,18H,4-5,8,10-11H2,1-3H3. The van der Waals surface area contributed by atoms with Crippen LogP contribution in [0.15, 0.2) is 18.2 Å². The van der Waals surface area contributed by atoms with Gasteiger partial charge < -0.3 is 15.0 Å². The lowest BCUT2D eigenvalue weighted by molar-refractivity contribution is -0.131. The van der Waals surface area contributed by atoms with Gasteiger partial charge in [0.25, 0.3) is 0 Å². The van der Waals surface area contributed by atoms with Gasteiger partial charge in [0.2, 0.25) is 5.91 Å². The number of piperidine rings is 1. The molecule has 0 saturated carbocycles. The van der Waals surface area contributed by atoms with E-state index >= 15 is 0 Å². The van der Waals surface area contributed by atoms with E-state index in [1.165, 1.54) is 6.92 Å². The maximum absolute atomic E-state index is 12.5. The van der Waals surface area contributed by atoms with Gasteiger partial charge in [-0.05, 0) is 45.0 Å². The van der Waals surface area contributed by atoms with Crippen LogP contribution in [0, 0.1) is 0 Å². The molecule has 1 unspecified atom stereocenters. The average molecular weight is 304 g/mol. The first kappa shape index (κ1) is 16.5. The van der Waals surface area contributed by atoms with E-state index in [-0.39, 0.29) is 18.1 Å². The predicted molar refractivity (Wildman–Crippen MR) is 85.4 cm³/mol.